The van der Waals surface area contributed by atoms with E-state index in [1.54, 1.807) is 6.20 Å². The molecule has 90 valence electrons. The monoisotopic (exact) mass is 301 g/mol. The van der Waals surface area contributed by atoms with E-state index < -0.39 is 0 Å². The summed E-state index contributed by atoms with van der Waals surface area (Å²) in [6, 6.07) is 10.5. The number of benzene rings is 1. The normalized spacial score (nSPS) is 10.7. The van der Waals surface area contributed by atoms with Crippen LogP contribution in [-0.2, 0) is 6.54 Å². The number of halogens is 1. The van der Waals surface area contributed by atoms with Crippen molar-refractivity contribution in [2.45, 2.75) is 6.54 Å². The summed E-state index contributed by atoms with van der Waals surface area (Å²) in [7, 11) is 0. The Morgan fingerprint density at radius 1 is 1.17 bits per heavy atom. The van der Waals surface area contributed by atoms with Crippen LogP contribution in [0.25, 0.3) is 10.9 Å². The number of rotatable bonds is 3. The Morgan fingerprint density at radius 3 is 3.00 bits per heavy atom. The van der Waals surface area contributed by atoms with Gasteiger partial charge in [0.2, 0.25) is 0 Å². The van der Waals surface area contributed by atoms with Crippen molar-refractivity contribution in [2.75, 3.05) is 5.32 Å². The van der Waals surface area contributed by atoms with Crippen LogP contribution in [-0.4, -0.2) is 9.97 Å². The van der Waals surface area contributed by atoms with Gasteiger partial charge in [-0.3, -0.25) is 4.98 Å². The Hall–Kier alpha value is -1.81. The molecule has 0 aliphatic heterocycles. The Labute approximate surface area is 113 Å². The molecule has 0 aliphatic carbocycles. The number of hydrogen-bond acceptors (Lipinski definition) is 2. The fourth-order valence-corrected chi connectivity index (χ4v) is 2.29. The molecule has 0 amide bonds. The van der Waals surface area contributed by atoms with Gasteiger partial charge in [0.25, 0.3) is 0 Å². The molecule has 0 spiro atoms. The average Bonchev–Trinajstić information content (AvgIpc) is 2.84. The van der Waals surface area contributed by atoms with E-state index in [0.29, 0.717) is 0 Å². The maximum absolute atomic E-state index is 4.12. The number of aromatic nitrogens is 2. The molecule has 0 aliphatic rings. The molecule has 0 fully saturated rings. The summed E-state index contributed by atoms with van der Waals surface area (Å²) in [5.74, 6) is 0. The number of nitrogens with one attached hydrogen (secondary N) is 2. The van der Waals surface area contributed by atoms with Gasteiger partial charge in [-0.05, 0) is 51.1 Å². The van der Waals surface area contributed by atoms with Crippen LogP contribution in [0.5, 0.6) is 0 Å². The molecule has 3 nitrogen and oxygen atoms in total. The largest absolute Gasteiger partial charge is 0.380 e. The second-order valence-corrected chi connectivity index (χ2v) is 5.06. The first-order valence-corrected chi connectivity index (χ1v) is 6.51. The molecule has 2 heterocycles. The maximum atomic E-state index is 4.12. The Bertz CT molecular complexity index is 675. The first-order valence-electron chi connectivity index (χ1n) is 5.72. The van der Waals surface area contributed by atoms with E-state index in [9.17, 15) is 0 Å². The number of pyridine rings is 1. The molecule has 0 radical (unpaired) electrons. The van der Waals surface area contributed by atoms with Gasteiger partial charge in [0.05, 0.1) is 11.9 Å². The van der Waals surface area contributed by atoms with E-state index in [2.05, 4.69) is 55.5 Å². The summed E-state index contributed by atoms with van der Waals surface area (Å²) >= 11 is 3.41. The second kappa shape index (κ2) is 4.82. The molecule has 0 bridgehead atoms. The summed E-state index contributed by atoms with van der Waals surface area (Å²) in [5.41, 5.74) is 3.43. The SMILES string of the molecule is Brc1cncc(NCc2ccc3[nH]ccc3c2)c1. The summed E-state index contributed by atoms with van der Waals surface area (Å²) in [5, 5.41) is 4.59. The van der Waals surface area contributed by atoms with E-state index in [0.717, 1.165) is 16.7 Å². The predicted octanol–water partition coefficient (Wildman–Crippen LogP) is 3.94. The minimum Gasteiger partial charge on any atom is -0.380 e. The van der Waals surface area contributed by atoms with E-state index in [1.165, 1.54) is 16.5 Å². The first-order chi connectivity index (χ1) is 8.81. The molecule has 2 N–H and O–H groups in total. The van der Waals surface area contributed by atoms with Gasteiger partial charge in [-0.25, -0.2) is 0 Å². The van der Waals surface area contributed by atoms with E-state index >= 15 is 0 Å². The number of hydrogen-bond donors (Lipinski definition) is 2. The molecule has 0 saturated heterocycles. The molecule has 3 aromatic rings. The fourth-order valence-electron chi connectivity index (χ4n) is 1.93. The van der Waals surface area contributed by atoms with Gasteiger partial charge < -0.3 is 10.3 Å². The topological polar surface area (TPSA) is 40.7 Å². The van der Waals surface area contributed by atoms with Crippen molar-refractivity contribution in [3.63, 3.8) is 0 Å². The number of H-pyrrole nitrogens is 1. The van der Waals surface area contributed by atoms with Crippen LogP contribution in [0.3, 0.4) is 0 Å². The van der Waals surface area contributed by atoms with Crippen LogP contribution in [0.2, 0.25) is 0 Å². The van der Waals surface area contributed by atoms with Crippen LogP contribution in [0.4, 0.5) is 5.69 Å². The average molecular weight is 302 g/mol. The highest BCUT2D eigenvalue weighted by atomic mass is 79.9. The molecule has 0 atom stereocenters. The molecule has 2 aromatic heterocycles. The molecular weight excluding hydrogens is 290 g/mol. The highest BCUT2D eigenvalue weighted by Crippen LogP contribution is 2.17. The predicted molar refractivity (Wildman–Crippen MR) is 77.6 cm³/mol. The Morgan fingerprint density at radius 2 is 2.11 bits per heavy atom. The van der Waals surface area contributed by atoms with Crippen LogP contribution in [0.1, 0.15) is 5.56 Å². The molecule has 18 heavy (non-hydrogen) atoms. The van der Waals surface area contributed by atoms with Crippen LogP contribution in [0, 0.1) is 0 Å². The van der Waals surface area contributed by atoms with Crippen LogP contribution >= 0.6 is 15.9 Å². The van der Waals surface area contributed by atoms with Crippen molar-refractivity contribution in [1.82, 2.24) is 9.97 Å². The second-order valence-electron chi connectivity index (χ2n) is 4.14. The number of aromatic amines is 1. The molecule has 1 aromatic carbocycles. The Kier molecular flexibility index (Phi) is 3.02. The van der Waals surface area contributed by atoms with E-state index in [-0.39, 0.29) is 0 Å². The van der Waals surface area contributed by atoms with Gasteiger partial charge in [-0.2, -0.15) is 0 Å². The van der Waals surface area contributed by atoms with Crippen molar-refractivity contribution >= 4 is 32.5 Å². The van der Waals surface area contributed by atoms with Crippen molar-refractivity contribution < 1.29 is 0 Å². The highest BCUT2D eigenvalue weighted by molar-refractivity contribution is 9.10. The third-order valence-electron chi connectivity index (χ3n) is 2.82. The molecular formula is C14H12BrN3. The summed E-state index contributed by atoms with van der Waals surface area (Å²) in [4.78, 5) is 7.32. The lowest BCUT2D eigenvalue weighted by atomic mass is 10.1. The molecule has 3 rings (SSSR count). The molecule has 0 saturated carbocycles. The van der Waals surface area contributed by atoms with Crippen molar-refractivity contribution in [3.05, 3.63) is 59.0 Å². The molecule has 0 unspecified atom stereocenters. The first kappa shape index (κ1) is 11.3. The smallest absolute Gasteiger partial charge is 0.0540 e. The zero-order valence-electron chi connectivity index (χ0n) is 9.65. The minimum atomic E-state index is 0.791. The fraction of sp³-hybridized carbons (Fsp3) is 0.0714. The molecule has 4 heteroatoms. The summed E-state index contributed by atoms with van der Waals surface area (Å²) < 4.78 is 0.980. The van der Waals surface area contributed by atoms with Gasteiger partial charge in [0.1, 0.15) is 0 Å². The number of fused-ring (bicyclic) bond motifs is 1. The summed E-state index contributed by atoms with van der Waals surface area (Å²) in [6.45, 7) is 0.791. The lowest BCUT2D eigenvalue weighted by molar-refractivity contribution is 1.14. The Balaban J connectivity index is 1.76. The standard InChI is InChI=1S/C14H12BrN3/c15-12-6-13(9-16-8-12)18-7-10-1-2-14-11(5-10)3-4-17-14/h1-6,8-9,17-18H,7H2. The van der Waals surface area contributed by atoms with Crippen LogP contribution in [0.15, 0.2) is 53.4 Å². The minimum absolute atomic E-state index is 0.791. The van der Waals surface area contributed by atoms with Crippen molar-refractivity contribution in [1.29, 1.82) is 0 Å². The zero-order chi connectivity index (χ0) is 12.4. The van der Waals surface area contributed by atoms with E-state index in [4.69, 9.17) is 0 Å². The number of nitrogens with zero attached hydrogens (tertiary/aromatic N) is 1. The zero-order valence-corrected chi connectivity index (χ0v) is 11.2. The highest BCUT2D eigenvalue weighted by Gasteiger charge is 1.98. The van der Waals surface area contributed by atoms with E-state index in [1.807, 2.05) is 18.5 Å². The van der Waals surface area contributed by atoms with Crippen LogP contribution < -0.4 is 5.32 Å². The summed E-state index contributed by atoms with van der Waals surface area (Å²) in [6.07, 6.45) is 5.55. The third kappa shape index (κ3) is 2.38. The van der Waals surface area contributed by atoms with Crippen molar-refractivity contribution in [2.24, 2.45) is 0 Å². The van der Waals surface area contributed by atoms with Gasteiger partial charge in [0.15, 0.2) is 0 Å². The number of anilines is 1. The lowest BCUT2D eigenvalue weighted by Crippen LogP contribution is -1.99. The van der Waals surface area contributed by atoms with Gasteiger partial charge in [0, 0.05) is 28.9 Å². The van der Waals surface area contributed by atoms with Gasteiger partial charge in [-0.15, -0.1) is 0 Å². The third-order valence-corrected chi connectivity index (χ3v) is 3.25. The van der Waals surface area contributed by atoms with Gasteiger partial charge >= 0.3 is 0 Å². The maximum Gasteiger partial charge on any atom is 0.0540 e. The van der Waals surface area contributed by atoms with Crippen molar-refractivity contribution in [3.8, 4) is 0 Å². The quantitative estimate of drug-likeness (QED) is 0.769. The van der Waals surface area contributed by atoms with Gasteiger partial charge in [-0.1, -0.05) is 6.07 Å². The lowest BCUT2D eigenvalue weighted by Gasteiger charge is -2.06.